The molecular formula is C14H13F6NO. The van der Waals surface area contributed by atoms with E-state index in [1.165, 1.54) is 4.90 Å². The Kier molecular flexibility index (Phi) is 4.39. The zero-order valence-electron chi connectivity index (χ0n) is 11.3. The lowest BCUT2D eigenvalue weighted by molar-refractivity contribution is -0.183. The topological polar surface area (TPSA) is 20.3 Å². The lowest BCUT2D eigenvalue weighted by Crippen LogP contribution is -2.42. The van der Waals surface area contributed by atoms with Gasteiger partial charge in [0.2, 0.25) is 0 Å². The maximum atomic E-state index is 12.5. The standard InChI is InChI=1S/C14H13F6NO/c15-13(16,17)10-3-1-9(2-4-10)12(22)21-7-5-11(6-8-21)14(18,19)20/h1-4,11H,5-8H2. The van der Waals surface area contributed by atoms with Crippen molar-refractivity contribution in [2.75, 3.05) is 13.1 Å². The van der Waals surface area contributed by atoms with Crippen LogP contribution in [-0.2, 0) is 6.18 Å². The van der Waals surface area contributed by atoms with Crippen LogP contribution in [-0.4, -0.2) is 30.1 Å². The van der Waals surface area contributed by atoms with Gasteiger partial charge < -0.3 is 4.90 Å². The fourth-order valence-electron chi connectivity index (χ4n) is 2.39. The van der Waals surface area contributed by atoms with Gasteiger partial charge in [-0.15, -0.1) is 0 Å². The van der Waals surface area contributed by atoms with Gasteiger partial charge in [0.15, 0.2) is 0 Å². The second kappa shape index (κ2) is 5.81. The fourth-order valence-corrected chi connectivity index (χ4v) is 2.39. The number of amides is 1. The summed E-state index contributed by atoms with van der Waals surface area (Å²) >= 11 is 0. The van der Waals surface area contributed by atoms with Crippen molar-refractivity contribution in [2.24, 2.45) is 5.92 Å². The highest BCUT2D eigenvalue weighted by molar-refractivity contribution is 5.94. The smallest absolute Gasteiger partial charge is 0.339 e. The first-order valence-corrected chi connectivity index (χ1v) is 6.62. The van der Waals surface area contributed by atoms with Crippen molar-refractivity contribution >= 4 is 5.91 Å². The number of halogens is 6. The number of alkyl halides is 6. The summed E-state index contributed by atoms with van der Waals surface area (Å²) in [4.78, 5) is 13.3. The molecule has 1 aromatic carbocycles. The summed E-state index contributed by atoms with van der Waals surface area (Å²) in [5.41, 5.74) is -0.835. The first-order chi connectivity index (χ1) is 10.1. The van der Waals surface area contributed by atoms with Gasteiger partial charge in [-0.3, -0.25) is 4.79 Å². The number of piperidine rings is 1. The van der Waals surface area contributed by atoms with Crippen molar-refractivity contribution in [3.05, 3.63) is 35.4 Å². The summed E-state index contributed by atoms with van der Waals surface area (Å²) in [5.74, 6) is -1.97. The molecule has 0 bridgehead atoms. The Hall–Kier alpha value is -1.73. The van der Waals surface area contributed by atoms with Gasteiger partial charge in [-0.05, 0) is 37.1 Å². The maximum Gasteiger partial charge on any atom is 0.416 e. The van der Waals surface area contributed by atoms with Gasteiger partial charge in [-0.25, -0.2) is 0 Å². The highest BCUT2D eigenvalue weighted by Crippen LogP contribution is 2.34. The number of likely N-dealkylation sites (tertiary alicyclic amines) is 1. The Morgan fingerprint density at radius 1 is 0.955 bits per heavy atom. The third-order valence-electron chi connectivity index (χ3n) is 3.70. The Morgan fingerprint density at radius 2 is 1.45 bits per heavy atom. The molecule has 0 N–H and O–H groups in total. The largest absolute Gasteiger partial charge is 0.416 e. The summed E-state index contributed by atoms with van der Waals surface area (Å²) in [6, 6.07) is 3.66. The first kappa shape index (κ1) is 16.6. The molecule has 1 aliphatic heterocycles. The Morgan fingerprint density at radius 3 is 1.86 bits per heavy atom. The maximum absolute atomic E-state index is 12.5. The van der Waals surface area contributed by atoms with E-state index >= 15 is 0 Å². The molecule has 1 amide bonds. The van der Waals surface area contributed by atoms with Crippen LogP contribution in [0.4, 0.5) is 26.3 Å². The summed E-state index contributed by atoms with van der Waals surface area (Å²) < 4.78 is 74.9. The average molecular weight is 325 g/mol. The molecule has 0 radical (unpaired) electrons. The van der Waals surface area contributed by atoms with Gasteiger partial charge in [0.25, 0.3) is 5.91 Å². The van der Waals surface area contributed by atoms with E-state index in [1.807, 2.05) is 0 Å². The molecule has 22 heavy (non-hydrogen) atoms. The van der Waals surface area contributed by atoms with Crippen molar-refractivity contribution < 1.29 is 31.1 Å². The molecule has 1 aliphatic rings. The van der Waals surface area contributed by atoms with Gasteiger partial charge in [-0.1, -0.05) is 0 Å². The Bertz CT molecular complexity index is 526. The van der Waals surface area contributed by atoms with E-state index in [1.54, 1.807) is 0 Å². The van der Waals surface area contributed by atoms with Gasteiger partial charge in [0, 0.05) is 18.7 Å². The monoisotopic (exact) mass is 325 g/mol. The van der Waals surface area contributed by atoms with Crippen LogP contribution in [0.1, 0.15) is 28.8 Å². The van der Waals surface area contributed by atoms with Crippen molar-refractivity contribution in [3.8, 4) is 0 Å². The van der Waals surface area contributed by atoms with Gasteiger partial charge in [-0.2, -0.15) is 26.3 Å². The highest BCUT2D eigenvalue weighted by atomic mass is 19.4. The molecule has 2 nitrogen and oxygen atoms in total. The molecule has 0 unspecified atom stereocenters. The highest BCUT2D eigenvalue weighted by Gasteiger charge is 2.41. The summed E-state index contributed by atoms with van der Waals surface area (Å²) in [7, 11) is 0. The van der Waals surface area contributed by atoms with Crippen molar-refractivity contribution in [1.82, 2.24) is 4.90 Å². The minimum absolute atomic E-state index is 0.0402. The zero-order chi connectivity index (χ0) is 16.5. The molecule has 8 heteroatoms. The number of carbonyl (C=O) groups excluding carboxylic acids is 1. The molecule has 122 valence electrons. The van der Waals surface area contributed by atoms with Crippen molar-refractivity contribution in [2.45, 2.75) is 25.2 Å². The molecular weight excluding hydrogens is 312 g/mol. The van der Waals surface area contributed by atoms with Crippen molar-refractivity contribution in [3.63, 3.8) is 0 Å². The predicted molar refractivity (Wildman–Crippen MR) is 66.1 cm³/mol. The molecule has 1 heterocycles. The number of nitrogens with zero attached hydrogens (tertiary/aromatic N) is 1. The van der Waals surface area contributed by atoms with E-state index in [0.29, 0.717) is 0 Å². The first-order valence-electron chi connectivity index (χ1n) is 6.62. The molecule has 0 saturated carbocycles. The molecule has 0 aromatic heterocycles. The van der Waals surface area contributed by atoms with Gasteiger partial charge in [0.1, 0.15) is 0 Å². The normalized spacial score (nSPS) is 17.6. The number of hydrogen-bond acceptors (Lipinski definition) is 1. The van der Waals surface area contributed by atoms with Crippen LogP contribution in [0.3, 0.4) is 0 Å². The lowest BCUT2D eigenvalue weighted by atomic mass is 9.96. The number of rotatable bonds is 1. The third-order valence-corrected chi connectivity index (χ3v) is 3.70. The predicted octanol–water partition coefficient (Wildman–Crippen LogP) is 4.12. The second-order valence-corrected chi connectivity index (χ2v) is 5.18. The summed E-state index contributed by atoms with van der Waals surface area (Å²) in [5, 5.41) is 0. The molecule has 1 fully saturated rings. The van der Waals surface area contributed by atoms with Crippen LogP contribution in [0.5, 0.6) is 0 Å². The van der Waals surface area contributed by atoms with E-state index in [-0.39, 0.29) is 31.5 Å². The zero-order valence-corrected chi connectivity index (χ0v) is 11.3. The van der Waals surface area contributed by atoms with E-state index in [4.69, 9.17) is 0 Å². The minimum atomic E-state index is -4.49. The van der Waals surface area contributed by atoms with E-state index in [9.17, 15) is 31.1 Å². The van der Waals surface area contributed by atoms with Crippen LogP contribution in [0.25, 0.3) is 0 Å². The van der Waals surface area contributed by atoms with Crippen LogP contribution in [0.2, 0.25) is 0 Å². The molecule has 1 aromatic rings. The van der Waals surface area contributed by atoms with Gasteiger partial charge >= 0.3 is 12.4 Å². The van der Waals surface area contributed by atoms with E-state index in [0.717, 1.165) is 24.3 Å². The number of hydrogen-bond donors (Lipinski definition) is 0. The van der Waals surface area contributed by atoms with Crippen LogP contribution in [0.15, 0.2) is 24.3 Å². The molecule has 1 saturated heterocycles. The summed E-state index contributed by atoms with van der Waals surface area (Å²) in [6.45, 7) is -0.103. The third kappa shape index (κ3) is 3.72. The van der Waals surface area contributed by atoms with Crippen LogP contribution >= 0.6 is 0 Å². The fraction of sp³-hybridized carbons (Fsp3) is 0.500. The lowest BCUT2D eigenvalue weighted by Gasteiger charge is -2.33. The minimum Gasteiger partial charge on any atom is -0.339 e. The number of benzene rings is 1. The Labute approximate surface area is 122 Å². The average Bonchev–Trinajstić information content (AvgIpc) is 2.45. The number of carbonyl (C=O) groups is 1. The molecule has 0 atom stereocenters. The van der Waals surface area contributed by atoms with Crippen LogP contribution < -0.4 is 0 Å². The quantitative estimate of drug-likeness (QED) is 0.711. The SMILES string of the molecule is O=C(c1ccc(C(F)(F)F)cc1)N1CCC(C(F)(F)F)CC1. The van der Waals surface area contributed by atoms with Crippen molar-refractivity contribution in [1.29, 1.82) is 0 Å². The molecule has 0 aliphatic carbocycles. The molecule has 2 rings (SSSR count). The van der Waals surface area contributed by atoms with Gasteiger partial charge in [0.05, 0.1) is 11.5 Å². The Balaban J connectivity index is 2.01. The van der Waals surface area contributed by atoms with E-state index in [2.05, 4.69) is 0 Å². The summed E-state index contributed by atoms with van der Waals surface area (Å²) in [6.07, 6.45) is -9.14. The van der Waals surface area contributed by atoms with E-state index < -0.39 is 29.7 Å². The second-order valence-electron chi connectivity index (χ2n) is 5.18. The molecule has 0 spiro atoms. The van der Waals surface area contributed by atoms with Crippen LogP contribution in [0, 0.1) is 5.92 Å².